The van der Waals surface area contributed by atoms with E-state index in [0.717, 1.165) is 0 Å². The predicted molar refractivity (Wildman–Crippen MR) is 89.8 cm³/mol. The van der Waals surface area contributed by atoms with E-state index in [2.05, 4.69) is 0 Å². The number of nitro groups is 1. The Kier molecular flexibility index (Phi) is 8.45. The van der Waals surface area contributed by atoms with Gasteiger partial charge in [-0.1, -0.05) is 12.1 Å². The molecule has 0 fully saturated rings. The van der Waals surface area contributed by atoms with E-state index in [1.54, 1.807) is 20.8 Å². The molecule has 1 rings (SSSR count). The summed E-state index contributed by atoms with van der Waals surface area (Å²) in [5, 5.41) is 10.9. The van der Waals surface area contributed by atoms with Gasteiger partial charge in [-0.25, -0.2) is 4.79 Å². The second kappa shape index (κ2) is 10.3. The molecule has 1 aromatic rings. The molecule has 0 saturated carbocycles. The Labute approximate surface area is 145 Å². The summed E-state index contributed by atoms with van der Waals surface area (Å²) in [6.07, 6.45) is -0.0115. The minimum Gasteiger partial charge on any atom is -0.462 e. The monoisotopic (exact) mass is 351 g/mol. The summed E-state index contributed by atoms with van der Waals surface area (Å²) in [7, 11) is 0. The number of benzene rings is 1. The zero-order valence-electron chi connectivity index (χ0n) is 14.4. The maximum atomic E-state index is 12.6. The fraction of sp³-hybridized carbons (Fsp3) is 0.412. The SMILES string of the molecule is CCOC(=O)/C(=C\c1cccc([N+](=O)[O-])c1)C(=O)C(OCC)OCC. The summed E-state index contributed by atoms with van der Waals surface area (Å²) in [6.45, 7) is 5.48. The molecule has 8 nitrogen and oxygen atoms in total. The zero-order chi connectivity index (χ0) is 18.8. The maximum Gasteiger partial charge on any atom is 0.341 e. The van der Waals surface area contributed by atoms with Gasteiger partial charge in [-0.2, -0.15) is 0 Å². The number of hydrogen-bond donors (Lipinski definition) is 0. The van der Waals surface area contributed by atoms with Gasteiger partial charge in [0, 0.05) is 25.3 Å². The number of ether oxygens (including phenoxy) is 3. The van der Waals surface area contributed by atoms with Gasteiger partial charge in [0.2, 0.25) is 12.1 Å². The molecule has 8 heteroatoms. The molecule has 0 amide bonds. The zero-order valence-corrected chi connectivity index (χ0v) is 14.4. The van der Waals surface area contributed by atoms with Gasteiger partial charge in [0.25, 0.3) is 5.69 Å². The Morgan fingerprint density at radius 3 is 2.32 bits per heavy atom. The molecule has 0 N–H and O–H groups in total. The predicted octanol–water partition coefficient (Wildman–Crippen LogP) is 2.51. The highest BCUT2D eigenvalue weighted by atomic mass is 16.7. The summed E-state index contributed by atoms with van der Waals surface area (Å²) < 4.78 is 15.4. The van der Waals surface area contributed by atoms with Gasteiger partial charge in [-0.05, 0) is 32.4 Å². The molecule has 0 unspecified atom stereocenters. The summed E-state index contributed by atoms with van der Waals surface area (Å²) >= 11 is 0. The first kappa shape index (κ1) is 20.5. The number of nitrogens with zero attached hydrogens (tertiary/aromatic N) is 1. The molecule has 0 heterocycles. The highest BCUT2D eigenvalue weighted by molar-refractivity contribution is 6.21. The first-order chi connectivity index (χ1) is 11.9. The second-order valence-corrected chi connectivity index (χ2v) is 4.74. The molecule has 0 radical (unpaired) electrons. The van der Waals surface area contributed by atoms with Crippen LogP contribution in [0.5, 0.6) is 0 Å². The minimum atomic E-state index is -1.25. The number of carbonyl (C=O) groups is 2. The van der Waals surface area contributed by atoms with Crippen molar-refractivity contribution >= 4 is 23.5 Å². The van der Waals surface area contributed by atoms with Gasteiger partial charge in [0.1, 0.15) is 5.57 Å². The lowest BCUT2D eigenvalue weighted by Gasteiger charge is -2.16. The molecule has 0 aromatic heterocycles. The van der Waals surface area contributed by atoms with Crippen LogP contribution < -0.4 is 0 Å². The van der Waals surface area contributed by atoms with Gasteiger partial charge in [0.15, 0.2) is 0 Å². The van der Waals surface area contributed by atoms with Crippen LogP contribution in [-0.4, -0.2) is 42.8 Å². The topological polar surface area (TPSA) is 105 Å². The normalized spacial score (nSPS) is 11.4. The second-order valence-electron chi connectivity index (χ2n) is 4.74. The fourth-order valence-corrected chi connectivity index (χ4v) is 1.96. The molecule has 0 bridgehead atoms. The van der Waals surface area contributed by atoms with Crippen molar-refractivity contribution in [2.45, 2.75) is 27.1 Å². The van der Waals surface area contributed by atoms with Crippen molar-refractivity contribution in [1.82, 2.24) is 0 Å². The van der Waals surface area contributed by atoms with E-state index in [1.807, 2.05) is 0 Å². The number of rotatable bonds is 10. The smallest absolute Gasteiger partial charge is 0.341 e. The third-order valence-corrected chi connectivity index (χ3v) is 3.00. The Balaban J connectivity index is 3.27. The van der Waals surface area contributed by atoms with E-state index in [4.69, 9.17) is 14.2 Å². The van der Waals surface area contributed by atoms with Gasteiger partial charge < -0.3 is 14.2 Å². The van der Waals surface area contributed by atoms with Crippen LogP contribution >= 0.6 is 0 Å². The van der Waals surface area contributed by atoms with Crippen molar-refractivity contribution in [2.24, 2.45) is 0 Å². The first-order valence-electron chi connectivity index (χ1n) is 7.85. The highest BCUT2D eigenvalue weighted by Gasteiger charge is 2.28. The van der Waals surface area contributed by atoms with Gasteiger partial charge in [-0.15, -0.1) is 0 Å². The van der Waals surface area contributed by atoms with Gasteiger partial charge in [0.05, 0.1) is 11.5 Å². The number of Topliss-reactive ketones (excluding diaryl/α,β-unsaturated/α-hetero) is 1. The van der Waals surface area contributed by atoms with Crippen molar-refractivity contribution in [3.8, 4) is 0 Å². The van der Waals surface area contributed by atoms with Gasteiger partial charge in [-0.3, -0.25) is 14.9 Å². The standard InChI is InChI=1S/C17H21NO7/c1-4-23-16(20)14(15(19)17(24-5-2)25-6-3)11-12-8-7-9-13(10-12)18(21)22/h7-11,17H,4-6H2,1-3H3/b14-11-. The number of esters is 1. The van der Waals surface area contributed by atoms with Crippen LogP contribution in [0.4, 0.5) is 5.69 Å². The van der Waals surface area contributed by atoms with Crippen LogP contribution in [0.15, 0.2) is 29.8 Å². The maximum absolute atomic E-state index is 12.6. The molecule has 136 valence electrons. The molecule has 25 heavy (non-hydrogen) atoms. The lowest BCUT2D eigenvalue weighted by atomic mass is 10.1. The Bertz CT molecular complexity index is 648. The summed E-state index contributed by atoms with van der Waals surface area (Å²) in [5.41, 5.74) is -0.137. The molecular weight excluding hydrogens is 330 g/mol. The number of carbonyl (C=O) groups excluding carboxylic acids is 2. The van der Waals surface area contributed by atoms with Crippen molar-refractivity contribution in [2.75, 3.05) is 19.8 Å². The third-order valence-electron chi connectivity index (χ3n) is 3.00. The highest BCUT2D eigenvalue weighted by Crippen LogP contribution is 2.18. The molecule has 0 aliphatic heterocycles. The molecule has 0 spiro atoms. The van der Waals surface area contributed by atoms with Crippen molar-refractivity contribution in [3.63, 3.8) is 0 Å². The number of hydrogen-bond acceptors (Lipinski definition) is 7. The third kappa shape index (κ3) is 6.09. The van der Waals surface area contributed by atoms with Crippen LogP contribution in [0, 0.1) is 10.1 Å². The average Bonchev–Trinajstić information content (AvgIpc) is 2.59. The average molecular weight is 351 g/mol. The van der Waals surface area contributed by atoms with E-state index in [1.165, 1.54) is 30.3 Å². The van der Waals surface area contributed by atoms with E-state index in [9.17, 15) is 19.7 Å². The van der Waals surface area contributed by atoms with Crippen LogP contribution in [0.2, 0.25) is 0 Å². The van der Waals surface area contributed by atoms with Crippen molar-refractivity contribution < 1.29 is 28.7 Å². The van der Waals surface area contributed by atoms with E-state index < -0.39 is 23.0 Å². The lowest BCUT2D eigenvalue weighted by Crippen LogP contribution is -2.32. The molecule has 0 atom stereocenters. The van der Waals surface area contributed by atoms with E-state index >= 15 is 0 Å². The summed E-state index contributed by atoms with van der Waals surface area (Å²) in [5.74, 6) is -1.54. The van der Waals surface area contributed by atoms with E-state index in [0.29, 0.717) is 5.56 Å². The van der Waals surface area contributed by atoms with Crippen molar-refractivity contribution in [1.29, 1.82) is 0 Å². The lowest BCUT2D eigenvalue weighted by molar-refractivity contribution is -0.384. The number of non-ortho nitro benzene ring substituents is 1. The molecule has 1 aromatic carbocycles. The molecular formula is C17H21NO7. The minimum absolute atomic E-state index is 0.0757. The quantitative estimate of drug-likeness (QED) is 0.121. The van der Waals surface area contributed by atoms with Crippen LogP contribution in [-0.2, 0) is 23.8 Å². The van der Waals surface area contributed by atoms with E-state index in [-0.39, 0.29) is 31.1 Å². The molecule has 0 aliphatic carbocycles. The van der Waals surface area contributed by atoms with Crippen LogP contribution in [0.1, 0.15) is 26.3 Å². The Morgan fingerprint density at radius 1 is 1.16 bits per heavy atom. The number of nitro benzene ring substituents is 1. The molecule has 0 saturated heterocycles. The first-order valence-corrected chi connectivity index (χ1v) is 7.85. The largest absolute Gasteiger partial charge is 0.462 e. The van der Waals surface area contributed by atoms with Crippen molar-refractivity contribution in [3.05, 3.63) is 45.5 Å². The summed E-state index contributed by atoms with van der Waals surface area (Å²) in [6, 6.07) is 5.56. The Morgan fingerprint density at radius 2 is 1.80 bits per heavy atom. The van der Waals surface area contributed by atoms with Crippen LogP contribution in [0.25, 0.3) is 6.08 Å². The van der Waals surface area contributed by atoms with Gasteiger partial charge >= 0.3 is 5.97 Å². The summed E-state index contributed by atoms with van der Waals surface area (Å²) in [4.78, 5) is 35.1. The fourth-order valence-electron chi connectivity index (χ4n) is 1.96. The Hall–Kier alpha value is -2.58. The van der Waals surface area contributed by atoms with Crippen LogP contribution in [0.3, 0.4) is 0 Å². The molecule has 0 aliphatic rings. The number of ketones is 1.